The van der Waals surface area contributed by atoms with Crippen molar-refractivity contribution in [3.05, 3.63) is 52.9 Å². The van der Waals surface area contributed by atoms with Gasteiger partial charge in [-0.2, -0.15) is 22.0 Å². The minimum atomic E-state index is -5.79. The van der Waals surface area contributed by atoms with E-state index in [1.165, 1.54) is 11.3 Å². The Kier molecular flexibility index (Phi) is 7.94. The van der Waals surface area contributed by atoms with Crippen molar-refractivity contribution in [3.63, 3.8) is 0 Å². The Hall–Kier alpha value is -3.19. The molecule has 0 radical (unpaired) electrons. The first-order chi connectivity index (χ1) is 18.5. The van der Waals surface area contributed by atoms with Gasteiger partial charge in [0.1, 0.15) is 21.9 Å². The van der Waals surface area contributed by atoms with Crippen LogP contribution in [0.2, 0.25) is 0 Å². The third-order valence-electron chi connectivity index (χ3n) is 6.41. The predicted octanol–water partition coefficient (Wildman–Crippen LogP) is 7.03. The number of nitrogens with one attached hydrogen (secondary N) is 1. The quantitative estimate of drug-likeness (QED) is 0.237. The number of halogens is 5. The largest absolute Gasteiger partial charge is 0.460 e. The number of anilines is 2. The van der Waals surface area contributed by atoms with Gasteiger partial charge in [0.2, 0.25) is 5.95 Å². The molecule has 216 valence electrons. The number of thiazole rings is 1. The first-order valence-corrected chi connectivity index (χ1v) is 13.4. The molecule has 4 rings (SSSR count). The zero-order chi connectivity index (χ0) is 29.5. The summed E-state index contributed by atoms with van der Waals surface area (Å²) in [6, 6.07) is 5.69. The van der Waals surface area contributed by atoms with Crippen LogP contribution in [0.5, 0.6) is 0 Å². The van der Waals surface area contributed by atoms with Crippen LogP contribution in [0.4, 0.5) is 33.6 Å². The Bertz CT molecular complexity index is 1380. The molecular weight excluding hydrogens is 555 g/mol. The molecule has 1 saturated carbocycles. The van der Waals surface area contributed by atoms with E-state index >= 15 is 0 Å². The van der Waals surface area contributed by atoms with Gasteiger partial charge in [-0.25, -0.2) is 15.0 Å². The van der Waals surface area contributed by atoms with Gasteiger partial charge in [0.25, 0.3) is 0 Å². The highest BCUT2D eigenvalue weighted by atomic mass is 32.1. The molecule has 1 aromatic carbocycles. The van der Waals surface area contributed by atoms with Crippen molar-refractivity contribution in [2.45, 2.75) is 76.7 Å². The number of esters is 1. The van der Waals surface area contributed by atoms with Crippen molar-refractivity contribution in [2.24, 2.45) is 5.92 Å². The van der Waals surface area contributed by atoms with E-state index < -0.39 is 34.9 Å². The Morgan fingerprint density at radius 2 is 1.77 bits per heavy atom. The third kappa shape index (κ3) is 6.57. The van der Waals surface area contributed by atoms with Crippen molar-refractivity contribution in [1.82, 2.24) is 15.0 Å². The smallest absolute Gasteiger partial charge is 0.459 e. The molecule has 0 amide bonds. The zero-order valence-electron chi connectivity index (χ0n) is 22.3. The number of alkyl halides is 5. The number of benzene rings is 1. The van der Waals surface area contributed by atoms with E-state index in [9.17, 15) is 31.9 Å². The highest BCUT2D eigenvalue weighted by molar-refractivity contribution is 7.15. The maximum absolute atomic E-state index is 13.8. The van der Waals surface area contributed by atoms with Crippen LogP contribution in [0, 0.1) is 12.8 Å². The molecule has 0 spiro atoms. The molecule has 0 bridgehead atoms. The summed E-state index contributed by atoms with van der Waals surface area (Å²) in [6.07, 6.45) is -1.73. The number of hydrogen-bond donors (Lipinski definition) is 2. The van der Waals surface area contributed by atoms with Gasteiger partial charge >= 0.3 is 18.1 Å². The maximum Gasteiger partial charge on any atom is 0.459 e. The normalized spacial score (nSPS) is 20.3. The molecule has 0 atom stereocenters. The summed E-state index contributed by atoms with van der Waals surface area (Å²) in [7, 11) is 0. The van der Waals surface area contributed by atoms with Gasteiger partial charge in [-0.15, -0.1) is 11.3 Å². The minimum Gasteiger partial charge on any atom is -0.460 e. The monoisotopic (exact) mass is 584 g/mol. The fourth-order valence-corrected chi connectivity index (χ4v) is 5.47. The van der Waals surface area contributed by atoms with Crippen molar-refractivity contribution >= 4 is 28.9 Å². The molecule has 1 fully saturated rings. The number of carbonyl (C=O) groups excluding carboxylic acids is 1. The van der Waals surface area contributed by atoms with Crippen LogP contribution in [-0.4, -0.2) is 37.8 Å². The van der Waals surface area contributed by atoms with Gasteiger partial charge in [-0.05, 0) is 82.7 Å². The molecule has 7 nitrogen and oxygen atoms in total. The Labute approximate surface area is 231 Å². The van der Waals surface area contributed by atoms with E-state index in [0.29, 0.717) is 52.9 Å². The van der Waals surface area contributed by atoms with Gasteiger partial charge in [0.05, 0.1) is 10.8 Å². The lowest BCUT2D eigenvalue weighted by Gasteiger charge is -2.34. The average Bonchev–Trinajstić information content (AvgIpc) is 3.34. The summed E-state index contributed by atoms with van der Waals surface area (Å²) in [5.41, 5.74) is -1.41. The standard InChI is InChI=1S/C27H29F5N4O3S/c1-15-11-17(13-18(12-15)35-23-33-10-7-20(36-23)26(28,29)27(30,31)32)19-14-34-22(40-19)25(38)8-5-16(6-9-25)21(37)39-24(2,3)4/h7,10-14,16,38H,5-6,8-9H2,1-4H3,(H,33,35,36)/t16-,25+. The fraction of sp³-hybridized carbons (Fsp3) is 0.481. The van der Waals surface area contributed by atoms with Crippen LogP contribution in [0.3, 0.4) is 0 Å². The number of rotatable bonds is 6. The van der Waals surface area contributed by atoms with E-state index in [2.05, 4.69) is 20.3 Å². The van der Waals surface area contributed by atoms with E-state index in [1.54, 1.807) is 25.3 Å². The number of aromatic nitrogens is 3. The van der Waals surface area contributed by atoms with E-state index in [4.69, 9.17) is 4.74 Å². The molecule has 3 aromatic rings. The number of aliphatic hydroxyl groups is 1. The first-order valence-electron chi connectivity index (χ1n) is 12.6. The lowest BCUT2D eigenvalue weighted by Crippen LogP contribution is -2.36. The van der Waals surface area contributed by atoms with Gasteiger partial charge in [0.15, 0.2) is 0 Å². The lowest BCUT2D eigenvalue weighted by molar-refractivity contribution is -0.290. The van der Waals surface area contributed by atoms with Crippen molar-refractivity contribution in [3.8, 4) is 10.4 Å². The zero-order valence-corrected chi connectivity index (χ0v) is 23.1. The molecule has 2 aromatic heterocycles. The van der Waals surface area contributed by atoms with Crippen LogP contribution >= 0.6 is 11.3 Å². The molecule has 13 heteroatoms. The minimum absolute atomic E-state index is 0.272. The molecule has 2 N–H and O–H groups in total. The second-order valence-electron chi connectivity index (χ2n) is 10.9. The highest BCUT2D eigenvalue weighted by Crippen LogP contribution is 2.44. The van der Waals surface area contributed by atoms with Gasteiger partial charge in [-0.1, -0.05) is 6.07 Å². The summed E-state index contributed by atoms with van der Waals surface area (Å²) in [5.74, 6) is -6.11. The number of hydrogen-bond acceptors (Lipinski definition) is 8. The van der Waals surface area contributed by atoms with Crippen LogP contribution < -0.4 is 5.32 Å². The van der Waals surface area contributed by atoms with Crippen molar-refractivity contribution < 1.29 is 36.6 Å². The van der Waals surface area contributed by atoms with Crippen LogP contribution in [-0.2, 0) is 21.1 Å². The summed E-state index contributed by atoms with van der Waals surface area (Å²) in [5, 5.41) is 14.5. The lowest BCUT2D eigenvalue weighted by atomic mass is 9.79. The molecule has 40 heavy (non-hydrogen) atoms. The summed E-state index contributed by atoms with van der Waals surface area (Å²) in [6.45, 7) is 7.22. The second-order valence-corrected chi connectivity index (χ2v) is 11.9. The number of nitrogens with zero attached hydrogens (tertiary/aromatic N) is 3. The molecule has 0 aliphatic heterocycles. The van der Waals surface area contributed by atoms with E-state index in [0.717, 1.165) is 11.8 Å². The number of ether oxygens (including phenoxy) is 1. The van der Waals surface area contributed by atoms with E-state index in [-0.39, 0.29) is 11.9 Å². The summed E-state index contributed by atoms with van der Waals surface area (Å²) < 4.78 is 71.3. The molecular formula is C27H29F5N4O3S. The molecule has 1 aliphatic carbocycles. The third-order valence-corrected chi connectivity index (χ3v) is 7.65. The topological polar surface area (TPSA) is 97.2 Å². The van der Waals surface area contributed by atoms with Crippen LogP contribution in [0.25, 0.3) is 10.4 Å². The Morgan fingerprint density at radius 3 is 2.40 bits per heavy atom. The van der Waals surface area contributed by atoms with Gasteiger partial charge < -0.3 is 15.2 Å². The highest BCUT2D eigenvalue weighted by Gasteiger charge is 2.60. The SMILES string of the molecule is Cc1cc(Nc2nccc(C(F)(F)C(F)(F)F)n2)cc(-c2cnc([C@]3(O)CC[C@@H](C(=O)OC(C)(C)C)CC3)s2)c1. The van der Waals surface area contributed by atoms with Crippen LogP contribution in [0.1, 0.15) is 62.7 Å². The summed E-state index contributed by atoms with van der Waals surface area (Å²) in [4.78, 5) is 24.7. The predicted molar refractivity (Wildman–Crippen MR) is 139 cm³/mol. The molecule has 0 saturated heterocycles. The Morgan fingerprint density at radius 1 is 1.10 bits per heavy atom. The first kappa shape index (κ1) is 29.8. The van der Waals surface area contributed by atoms with Gasteiger partial charge in [-0.3, -0.25) is 4.79 Å². The molecule has 0 unspecified atom stereocenters. The number of aryl methyl sites for hydroxylation is 1. The average molecular weight is 585 g/mol. The second kappa shape index (κ2) is 10.7. The Balaban J connectivity index is 1.50. The van der Waals surface area contributed by atoms with Crippen molar-refractivity contribution in [1.29, 1.82) is 0 Å². The summed E-state index contributed by atoms with van der Waals surface area (Å²) >= 11 is 1.28. The van der Waals surface area contributed by atoms with Gasteiger partial charge in [0, 0.05) is 18.1 Å². The maximum atomic E-state index is 13.8. The van der Waals surface area contributed by atoms with Crippen molar-refractivity contribution in [2.75, 3.05) is 5.32 Å². The fourth-order valence-electron chi connectivity index (χ4n) is 4.42. The number of carbonyl (C=O) groups is 1. The van der Waals surface area contributed by atoms with Crippen LogP contribution in [0.15, 0.2) is 36.7 Å². The van der Waals surface area contributed by atoms with E-state index in [1.807, 2.05) is 26.8 Å². The molecule has 1 aliphatic rings. The molecule has 2 heterocycles.